The molecule has 0 aliphatic rings. The van der Waals surface area contributed by atoms with Crippen LogP contribution < -0.4 is 20.7 Å². The molecule has 4 heterocycles. The zero-order chi connectivity index (χ0) is 39.6. The van der Waals surface area contributed by atoms with Crippen LogP contribution in [0, 0.1) is 0 Å². The summed E-state index contributed by atoms with van der Waals surface area (Å²) >= 11 is 0. The summed E-state index contributed by atoms with van der Waals surface area (Å²) in [6.45, 7) is 0. The Morgan fingerprint density at radius 1 is 0.317 bits per heavy atom. The molecule has 7 nitrogen and oxygen atoms in total. The number of para-hydroxylation sites is 6. The van der Waals surface area contributed by atoms with Crippen molar-refractivity contribution in [2.75, 3.05) is 0 Å². The molecule has 12 aromatic rings. The summed E-state index contributed by atoms with van der Waals surface area (Å²) in [5.74, 6) is 2.33. The van der Waals surface area contributed by atoms with Crippen LogP contribution in [0.15, 0.2) is 212 Å². The minimum Gasteiger partial charge on any atom is -0.278 e. The van der Waals surface area contributed by atoms with Crippen molar-refractivity contribution in [2.45, 2.75) is 0 Å². The Balaban J connectivity index is 1.13. The summed E-state index contributed by atoms with van der Waals surface area (Å²) in [5.41, 5.74) is 6.85. The van der Waals surface area contributed by atoms with E-state index in [-0.39, 0.29) is 0 Å². The molecule has 60 heavy (non-hydrogen) atoms. The zero-order valence-corrected chi connectivity index (χ0v) is 33.3. The number of rotatable bonds is 7. The van der Waals surface area contributed by atoms with E-state index in [1.807, 2.05) is 6.07 Å². The van der Waals surface area contributed by atoms with Crippen molar-refractivity contribution in [1.29, 1.82) is 0 Å². The summed E-state index contributed by atoms with van der Waals surface area (Å²) in [5, 5.41) is 7.51. The predicted octanol–water partition coefficient (Wildman–Crippen LogP) is 8.76. The maximum Gasteiger partial charge on any atom is 0.242 e. The third-order valence-corrected chi connectivity index (χ3v) is 16.7. The molecule has 0 amide bonds. The lowest BCUT2D eigenvalue weighted by molar-refractivity contribution is 0.885. The van der Waals surface area contributed by atoms with Crippen LogP contribution in [0.2, 0.25) is 0 Å². The Morgan fingerprint density at radius 2 is 0.750 bits per heavy atom. The number of fused-ring (bicyclic) bond motifs is 8. The lowest BCUT2D eigenvalue weighted by atomic mass is 10.2. The second-order valence-corrected chi connectivity index (χ2v) is 18.9. The number of hydrogen-bond acceptors (Lipinski definition) is 4. The SMILES string of the molecule is c1ccc([Si](c2ccccc2)(c2ccccc2)c2ccc(-c3nc(-n4c5ccccc5c5ccccc54)nc(-n4c5ccccc5n5c6ccccc6nc45)n3)cc2)cc1. The van der Waals surface area contributed by atoms with Gasteiger partial charge in [0.1, 0.15) is 0 Å². The van der Waals surface area contributed by atoms with Gasteiger partial charge in [0, 0.05) is 16.3 Å². The van der Waals surface area contributed by atoms with Gasteiger partial charge in [-0.25, -0.2) is 9.55 Å². The average Bonchev–Trinajstić information content (AvgIpc) is 3.98. The van der Waals surface area contributed by atoms with Crippen LogP contribution in [0.4, 0.5) is 0 Å². The van der Waals surface area contributed by atoms with Gasteiger partial charge in [0.05, 0.1) is 33.1 Å². The summed E-state index contributed by atoms with van der Waals surface area (Å²) in [4.78, 5) is 21.2. The van der Waals surface area contributed by atoms with Gasteiger partial charge in [0.2, 0.25) is 17.7 Å². The van der Waals surface area contributed by atoms with Gasteiger partial charge >= 0.3 is 0 Å². The molecular weight excluding hydrogens is 751 g/mol. The summed E-state index contributed by atoms with van der Waals surface area (Å²) in [7, 11) is -2.74. The van der Waals surface area contributed by atoms with E-state index in [4.69, 9.17) is 19.9 Å². The van der Waals surface area contributed by atoms with Gasteiger partial charge in [-0.3, -0.25) is 8.97 Å². The van der Waals surface area contributed by atoms with Crippen molar-refractivity contribution in [2.24, 2.45) is 0 Å². The topological polar surface area (TPSA) is 65.8 Å². The minimum atomic E-state index is -2.74. The molecule has 0 radical (unpaired) electrons. The van der Waals surface area contributed by atoms with E-state index in [0.717, 1.165) is 55.2 Å². The number of nitrogens with zero attached hydrogens (tertiary/aromatic N) is 7. The van der Waals surface area contributed by atoms with Gasteiger partial charge < -0.3 is 0 Å². The zero-order valence-electron chi connectivity index (χ0n) is 32.3. The first-order chi connectivity index (χ1) is 29.8. The number of hydrogen-bond donors (Lipinski definition) is 0. The van der Waals surface area contributed by atoms with E-state index in [2.05, 4.69) is 220 Å². The smallest absolute Gasteiger partial charge is 0.242 e. The molecule has 0 fully saturated rings. The number of benzene rings is 8. The van der Waals surface area contributed by atoms with Crippen LogP contribution >= 0.6 is 0 Å². The normalized spacial score (nSPS) is 12.0. The Kier molecular flexibility index (Phi) is 7.73. The maximum absolute atomic E-state index is 5.35. The Bertz CT molecular complexity index is 3390. The largest absolute Gasteiger partial charge is 0.278 e. The molecule has 0 bridgehead atoms. The Hall–Kier alpha value is -7.94. The number of aromatic nitrogens is 7. The minimum absolute atomic E-state index is 0.490. The van der Waals surface area contributed by atoms with Crippen molar-refractivity contribution in [1.82, 2.24) is 33.5 Å². The molecule has 0 unspecified atom stereocenters. The quantitative estimate of drug-likeness (QED) is 0.120. The maximum atomic E-state index is 5.35. The summed E-state index contributed by atoms with van der Waals surface area (Å²) in [6.07, 6.45) is 0. The fourth-order valence-corrected chi connectivity index (χ4v) is 14.0. The monoisotopic (exact) mass is 785 g/mol. The van der Waals surface area contributed by atoms with Gasteiger partial charge in [0.25, 0.3) is 0 Å². The van der Waals surface area contributed by atoms with Gasteiger partial charge in [-0.2, -0.15) is 15.0 Å². The molecule has 0 aliphatic heterocycles. The van der Waals surface area contributed by atoms with Crippen molar-refractivity contribution < 1.29 is 0 Å². The van der Waals surface area contributed by atoms with Crippen LogP contribution in [0.5, 0.6) is 0 Å². The van der Waals surface area contributed by atoms with E-state index in [9.17, 15) is 0 Å². The van der Waals surface area contributed by atoms with E-state index in [1.54, 1.807) is 0 Å². The molecule has 0 aliphatic carbocycles. The van der Waals surface area contributed by atoms with Gasteiger partial charge in [-0.1, -0.05) is 176 Å². The molecule has 8 heteroatoms. The second kappa shape index (κ2) is 13.6. The van der Waals surface area contributed by atoms with Crippen LogP contribution in [0.1, 0.15) is 0 Å². The lowest BCUT2D eigenvalue weighted by Crippen LogP contribution is -2.74. The standard InChI is InChI=1S/C52H35N7Si/c1-4-18-37(19-5-1)60(38-20-6-2-7-21-38,39-22-8-3-9-23-39)40-34-32-36(33-35-40)49-54-50(57-44-27-13-10-24-41(44)42-25-11-14-28-45(42)57)56-51(55-49)59-48-31-17-16-30-47(48)58-46-29-15-12-26-43(46)53-52(58)59/h1-35H. The molecule has 12 rings (SSSR count). The molecule has 0 atom stereocenters. The highest BCUT2D eigenvalue weighted by atomic mass is 28.3. The Morgan fingerprint density at radius 3 is 1.32 bits per heavy atom. The first-order valence-corrected chi connectivity index (χ1v) is 22.2. The van der Waals surface area contributed by atoms with E-state index in [0.29, 0.717) is 17.7 Å². The van der Waals surface area contributed by atoms with Crippen LogP contribution in [0.25, 0.3) is 72.9 Å². The highest BCUT2D eigenvalue weighted by molar-refractivity contribution is 7.19. The third-order valence-electron chi connectivity index (χ3n) is 11.9. The van der Waals surface area contributed by atoms with E-state index in [1.165, 1.54) is 20.7 Å². The first-order valence-electron chi connectivity index (χ1n) is 20.2. The van der Waals surface area contributed by atoms with E-state index < -0.39 is 8.07 Å². The third kappa shape index (κ3) is 5.08. The van der Waals surface area contributed by atoms with Crippen LogP contribution in [-0.4, -0.2) is 41.5 Å². The van der Waals surface area contributed by atoms with Crippen molar-refractivity contribution in [3.05, 3.63) is 212 Å². The molecule has 8 aromatic carbocycles. The lowest BCUT2D eigenvalue weighted by Gasteiger charge is -2.34. The molecular formula is C52H35N7Si. The molecule has 0 N–H and O–H groups in total. The van der Waals surface area contributed by atoms with E-state index >= 15 is 0 Å². The van der Waals surface area contributed by atoms with Crippen molar-refractivity contribution in [3.63, 3.8) is 0 Å². The fourth-order valence-electron chi connectivity index (χ4n) is 9.30. The summed E-state index contributed by atoms with van der Waals surface area (Å²) in [6, 6.07) is 75.5. The van der Waals surface area contributed by atoms with Gasteiger partial charge in [-0.05, 0) is 57.1 Å². The van der Waals surface area contributed by atoms with Crippen molar-refractivity contribution >= 4 is 78.5 Å². The average molecular weight is 786 g/mol. The second-order valence-electron chi connectivity index (χ2n) is 15.1. The molecule has 0 spiro atoms. The predicted molar refractivity (Wildman–Crippen MR) is 246 cm³/mol. The number of imidazole rings is 2. The molecule has 282 valence electrons. The van der Waals surface area contributed by atoms with Gasteiger partial charge in [0.15, 0.2) is 13.9 Å². The van der Waals surface area contributed by atoms with Crippen LogP contribution in [-0.2, 0) is 0 Å². The van der Waals surface area contributed by atoms with Crippen molar-refractivity contribution in [3.8, 4) is 23.3 Å². The highest BCUT2D eigenvalue weighted by Gasteiger charge is 2.41. The molecule has 0 saturated heterocycles. The van der Waals surface area contributed by atoms with Crippen LogP contribution in [0.3, 0.4) is 0 Å². The highest BCUT2D eigenvalue weighted by Crippen LogP contribution is 2.33. The first kappa shape index (κ1) is 34.1. The summed E-state index contributed by atoms with van der Waals surface area (Å²) < 4.78 is 6.44. The van der Waals surface area contributed by atoms with Gasteiger partial charge in [-0.15, -0.1) is 0 Å². The molecule has 0 saturated carbocycles. The Labute approximate surface area is 346 Å². The fraction of sp³-hybridized carbons (Fsp3) is 0. The molecule has 4 aromatic heterocycles.